The van der Waals surface area contributed by atoms with E-state index in [-0.39, 0.29) is 11.2 Å². The molecule has 1 aliphatic heterocycles. The van der Waals surface area contributed by atoms with Crippen LogP contribution in [0.4, 0.5) is 5.82 Å². The van der Waals surface area contributed by atoms with Gasteiger partial charge in [-0.05, 0) is 24.4 Å². The van der Waals surface area contributed by atoms with Gasteiger partial charge < -0.3 is 4.90 Å². The van der Waals surface area contributed by atoms with E-state index in [2.05, 4.69) is 29.2 Å². The third kappa shape index (κ3) is 3.85. The molecule has 0 aliphatic carbocycles. The van der Waals surface area contributed by atoms with E-state index in [0.29, 0.717) is 11.7 Å². The Bertz CT molecular complexity index is 841. The van der Waals surface area contributed by atoms with Gasteiger partial charge in [-0.2, -0.15) is 0 Å². The van der Waals surface area contributed by atoms with Gasteiger partial charge in [0.25, 0.3) is 5.56 Å². The molecule has 0 saturated carbocycles. The van der Waals surface area contributed by atoms with Gasteiger partial charge in [0.05, 0.1) is 0 Å². The van der Waals surface area contributed by atoms with Gasteiger partial charge in [0.1, 0.15) is 5.82 Å². The second-order valence-electron chi connectivity index (χ2n) is 7.00. The Morgan fingerprint density at radius 3 is 2.56 bits per heavy atom. The summed E-state index contributed by atoms with van der Waals surface area (Å²) in [5, 5.41) is 0. The summed E-state index contributed by atoms with van der Waals surface area (Å²) < 4.78 is 2.67. The maximum atomic E-state index is 12.1. The second kappa shape index (κ2) is 7.27. The van der Waals surface area contributed by atoms with Crippen molar-refractivity contribution in [1.29, 1.82) is 0 Å². The Morgan fingerprint density at radius 1 is 1.12 bits per heavy atom. The number of rotatable bonds is 5. The molecule has 0 N–H and O–H groups in total. The van der Waals surface area contributed by atoms with Crippen molar-refractivity contribution in [3.8, 4) is 0 Å². The monoisotopic (exact) mass is 342 g/mol. The molecule has 1 aromatic heterocycles. The van der Waals surface area contributed by atoms with E-state index in [0.717, 1.165) is 37.2 Å². The highest BCUT2D eigenvalue weighted by Crippen LogP contribution is 2.21. The number of hydrogen-bond acceptors (Lipinski definition) is 4. The Kier molecular flexibility index (Phi) is 5.08. The first-order valence-electron chi connectivity index (χ1n) is 8.70. The zero-order valence-electron chi connectivity index (χ0n) is 15.2. The Labute approximate surface area is 147 Å². The Hall–Kier alpha value is -2.34. The van der Waals surface area contributed by atoms with Gasteiger partial charge in [-0.15, -0.1) is 0 Å². The van der Waals surface area contributed by atoms with Gasteiger partial charge in [0.15, 0.2) is 0 Å². The molecule has 6 heteroatoms. The normalized spacial score (nSPS) is 17.8. The lowest BCUT2D eigenvalue weighted by Crippen LogP contribution is -2.40. The smallest absolute Gasteiger partial charge is 0.332 e. The van der Waals surface area contributed by atoms with Gasteiger partial charge in [0, 0.05) is 46.8 Å². The molecule has 6 nitrogen and oxygen atoms in total. The summed E-state index contributed by atoms with van der Waals surface area (Å²) in [6.45, 7) is 3.94. The summed E-state index contributed by atoms with van der Waals surface area (Å²) in [5.41, 5.74) is 0.791. The standard InChI is InChI=1S/C19H26N4O2/c1-20(17-11-18(24)22(3)19(25)21(17)2)12-16-9-10-23(14-16)13-15-7-5-4-6-8-15/h4-8,11,16H,9-10,12-14H2,1-3H3. The molecular formula is C19H26N4O2. The quantitative estimate of drug-likeness (QED) is 0.815. The van der Waals surface area contributed by atoms with Gasteiger partial charge in [-0.3, -0.25) is 18.8 Å². The Morgan fingerprint density at radius 2 is 1.84 bits per heavy atom. The molecule has 1 saturated heterocycles. The fourth-order valence-corrected chi connectivity index (χ4v) is 3.62. The van der Waals surface area contributed by atoms with Crippen molar-refractivity contribution >= 4 is 5.82 Å². The van der Waals surface area contributed by atoms with Crippen LogP contribution in [0.1, 0.15) is 12.0 Å². The number of benzene rings is 1. The molecular weight excluding hydrogens is 316 g/mol. The van der Waals surface area contributed by atoms with Crippen LogP contribution in [0, 0.1) is 5.92 Å². The van der Waals surface area contributed by atoms with Crippen LogP contribution in [0.2, 0.25) is 0 Å². The van der Waals surface area contributed by atoms with Crippen molar-refractivity contribution < 1.29 is 0 Å². The van der Waals surface area contributed by atoms with Crippen molar-refractivity contribution in [3.63, 3.8) is 0 Å². The van der Waals surface area contributed by atoms with E-state index in [1.54, 1.807) is 7.05 Å². The molecule has 25 heavy (non-hydrogen) atoms. The van der Waals surface area contributed by atoms with Crippen LogP contribution in [0.3, 0.4) is 0 Å². The van der Waals surface area contributed by atoms with Crippen LogP contribution in [0.15, 0.2) is 46.0 Å². The van der Waals surface area contributed by atoms with Crippen molar-refractivity contribution in [1.82, 2.24) is 14.0 Å². The summed E-state index contributed by atoms with van der Waals surface area (Å²) in [4.78, 5) is 28.5. The van der Waals surface area contributed by atoms with E-state index in [4.69, 9.17) is 0 Å². The van der Waals surface area contributed by atoms with Gasteiger partial charge >= 0.3 is 5.69 Å². The van der Waals surface area contributed by atoms with Crippen LogP contribution in [0.25, 0.3) is 0 Å². The first kappa shape index (κ1) is 17.5. The molecule has 1 unspecified atom stereocenters. The fourth-order valence-electron chi connectivity index (χ4n) is 3.62. The topological polar surface area (TPSA) is 50.5 Å². The summed E-state index contributed by atoms with van der Waals surface area (Å²) in [5.74, 6) is 1.21. The van der Waals surface area contributed by atoms with Gasteiger partial charge in [-0.1, -0.05) is 30.3 Å². The molecule has 2 aromatic rings. The summed E-state index contributed by atoms with van der Waals surface area (Å²) in [6.07, 6.45) is 1.13. The van der Waals surface area contributed by atoms with Crippen LogP contribution >= 0.6 is 0 Å². The van der Waals surface area contributed by atoms with Crippen LogP contribution in [-0.2, 0) is 20.6 Å². The van der Waals surface area contributed by atoms with E-state index in [9.17, 15) is 9.59 Å². The molecule has 1 fully saturated rings. The predicted octanol–water partition coefficient (Wildman–Crippen LogP) is 1.04. The summed E-state index contributed by atoms with van der Waals surface area (Å²) in [7, 11) is 5.17. The van der Waals surface area contributed by atoms with Crippen molar-refractivity contribution in [2.75, 3.05) is 31.6 Å². The third-order valence-electron chi connectivity index (χ3n) is 5.04. The third-order valence-corrected chi connectivity index (χ3v) is 5.04. The number of likely N-dealkylation sites (tertiary alicyclic amines) is 1. The van der Waals surface area contributed by atoms with E-state index < -0.39 is 0 Å². The highest BCUT2D eigenvalue weighted by molar-refractivity contribution is 5.37. The number of nitrogens with zero attached hydrogens (tertiary/aromatic N) is 4. The lowest BCUT2D eigenvalue weighted by Gasteiger charge is -2.25. The lowest BCUT2D eigenvalue weighted by molar-refractivity contribution is 0.317. The first-order valence-corrected chi connectivity index (χ1v) is 8.70. The van der Waals surface area contributed by atoms with Crippen LogP contribution < -0.4 is 16.1 Å². The zero-order chi connectivity index (χ0) is 18.0. The maximum Gasteiger partial charge on any atom is 0.332 e. The predicted molar refractivity (Wildman–Crippen MR) is 100 cm³/mol. The second-order valence-corrected chi connectivity index (χ2v) is 7.00. The van der Waals surface area contributed by atoms with Crippen LogP contribution in [0.5, 0.6) is 0 Å². The molecule has 1 aliphatic rings. The first-order chi connectivity index (χ1) is 12.0. The highest BCUT2D eigenvalue weighted by Gasteiger charge is 2.24. The highest BCUT2D eigenvalue weighted by atomic mass is 16.2. The van der Waals surface area contributed by atoms with Crippen molar-refractivity contribution in [3.05, 3.63) is 62.8 Å². The summed E-state index contributed by atoms with van der Waals surface area (Å²) in [6, 6.07) is 12.1. The average Bonchev–Trinajstić information content (AvgIpc) is 3.04. The molecule has 0 spiro atoms. The van der Waals surface area contributed by atoms with Crippen LogP contribution in [-0.4, -0.2) is 40.7 Å². The largest absolute Gasteiger partial charge is 0.360 e. The molecule has 1 atom stereocenters. The zero-order valence-corrected chi connectivity index (χ0v) is 15.2. The summed E-state index contributed by atoms with van der Waals surface area (Å²) >= 11 is 0. The molecule has 0 bridgehead atoms. The Balaban J connectivity index is 1.64. The van der Waals surface area contributed by atoms with E-state index in [1.165, 1.54) is 23.2 Å². The molecule has 1 aromatic carbocycles. The number of hydrogen-bond donors (Lipinski definition) is 0. The minimum Gasteiger partial charge on any atom is -0.360 e. The molecule has 0 radical (unpaired) electrons. The van der Waals surface area contributed by atoms with Gasteiger partial charge in [0.2, 0.25) is 0 Å². The molecule has 3 rings (SSSR count). The molecule has 0 amide bonds. The van der Waals surface area contributed by atoms with Crippen molar-refractivity contribution in [2.24, 2.45) is 20.0 Å². The lowest BCUT2D eigenvalue weighted by atomic mass is 10.1. The van der Waals surface area contributed by atoms with Gasteiger partial charge in [-0.25, -0.2) is 4.79 Å². The number of anilines is 1. The van der Waals surface area contributed by atoms with Crippen molar-refractivity contribution in [2.45, 2.75) is 13.0 Å². The fraction of sp³-hybridized carbons (Fsp3) is 0.474. The maximum absolute atomic E-state index is 12.1. The van der Waals surface area contributed by atoms with E-state index in [1.807, 2.05) is 18.0 Å². The molecule has 134 valence electrons. The average molecular weight is 342 g/mol. The van der Waals surface area contributed by atoms with E-state index >= 15 is 0 Å². The minimum absolute atomic E-state index is 0.262. The SMILES string of the molecule is CN(CC1CCN(Cc2ccccc2)C1)c1cc(=O)n(C)c(=O)n1C. The number of aromatic nitrogens is 2. The molecule has 2 heterocycles. The minimum atomic E-state index is -0.286.